The minimum atomic E-state index is 0.696. The number of hydrogen-bond donors (Lipinski definition) is 2. The van der Waals surface area contributed by atoms with Gasteiger partial charge in [-0.2, -0.15) is 4.98 Å². The number of aromatic nitrogens is 3. The molecule has 3 aromatic rings. The van der Waals surface area contributed by atoms with Crippen LogP contribution in [-0.2, 0) is 4.74 Å². The average Bonchev–Trinajstić information content (AvgIpc) is 2.76. The molecule has 1 aromatic carbocycles. The van der Waals surface area contributed by atoms with E-state index in [1.807, 2.05) is 43.5 Å². The first-order valence-electron chi connectivity index (χ1n) is 10.4. The minimum absolute atomic E-state index is 0.696. The molecule has 30 heavy (non-hydrogen) atoms. The third kappa shape index (κ3) is 5.29. The van der Waals surface area contributed by atoms with E-state index in [0.29, 0.717) is 11.0 Å². The number of benzene rings is 1. The van der Waals surface area contributed by atoms with Gasteiger partial charge in [-0.25, -0.2) is 4.98 Å². The Hall–Kier alpha value is -2.64. The van der Waals surface area contributed by atoms with E-state index in [9.17, 15) is 0 Å². The van der Waals surface area contributed by atoms with Crippen molar-refractivity contribution in [1.29, 1.82) is 0 Å². The second kappa shape index (κ2) is 9.91. The summed E-state index contributed by atoms with van der Waals surface area (Å²) in [6.45, 7) is 6.97. The van der Waals surface area contributed by atoms with Crippen LogP contribution in [0, 0.1) is 6.92 Å². The molecule has 3 heterocycles. The van der Waals surface area contributed by atoms with E-state index in [4.69, 9.17) is 16.3 Å². The molecule has 4 rings (SSSR count). The normalized spacial score (nSPS) is 14.1. The molecule has 0 atom stereocenters. The first-order chi connectivity index (χ1) is 14.7. The van der Waals surface area contributed by atoms with E-state index in [2.05, 4.69) is 30.5 Å². The molecular formula is C22H27ClN6O. The summed E-state index contributed by atoms with van der Waals surface area (Å²) in [5, 5.41) is 8.66. The molecule has 2 aromatic heterocycles. The van der Waals surface area contributed by atoms with Gasteiger partial charge in [0.25, 0.3) is 0 Å². The quantitative estimate of drug-likeness (QED) is 0.524. The van der Waals surface area contributed by atoms with E-state index in [0.717, 1.165) is 80.3 Å². The number of nitrogens with zero attached hydrogens (tertiary/aromatic N) is 4. The van der Waals surface area contributed by atoms with Crippen LogP contribution in [0.4, 0.5) is 17.5 Å². The predicted octanol–water partition coefficient (Wildman–Crippen LogP) is 4.13. The Kier molecular flexibility index (Phi) is 6.81. The monoisotopic (exact) mass is 426 g/mol. The van der Waals surface area contributed by atoms with Crippen molar-refractivity contribution in [1.82, 2.24) is 15.0 Å². The fourth-order valence-corrected chi connectivity index (χ4v) is 3.70. The number of halogens is 1. The van der Waals surface area contributed by atoms with Crippen LogP contribution in [0.1, 0.15) is 18.5 Å². The predicted molar refractivity (Wildman–Crippen MR) is 123 cm³/mol. The summed E-state index contributed by atoms with van der Waals surface area (Å²) >= 11 is 6.06. The molecule has 1 saturated heterocycles. The van der Waals surface area contributed by atoms with Crippen LogP contribution in [0.3, 0.4) is 0 Å². The molecule has 0 saturated carbocycles. The first-order valence-corrected chi connectivity index (χ1v) is 10.8. The van der Waals surface area contributed by atoms with Gasteiger partial charge in [-0.3, -0.25) is 4.98 Å². The van der Waals surface area contributed by atoms with Crippen molar-refractivity contribution < 1.29 is 4.74 Å². The Morgan fingerprint density at radius 2 is 1.83 bits per heavy atom. The number of rotatable bonds is 8. The van der Waals surface area contributed by atoms with E-state index in [1.54, 1.807) is 0 Å². The molecule has 0 aliphatic carbocycles. The number of pyridine rings is 1. The van der Waals surface area contributed by atoms with Crippen LogP contribution in [-0.4, -0.2) is 54.3 Å². The maximum absolute atomic E-state index is 6.06. The highest BCUT2D eigenvalue weighted by Crippen LogP contribution is 2.24. The number of morpholine rings is 1. The maximum Gasteiger partial charge on any atom is 0.224 e. The topological polar surface area (TPSA) is 75.2 Å². The zero-order valence-electron chi connectivity index (χ0n) is 17.2. The lowest BCUT2D eigenvalue weighted by atomic mass is 10.2. The summed E-state index contributed by atoms with van der Waals surface area (Å²) < 4.78 is 5.43. The second-order valence-corrected chi connectivity index (χ2v) is 7.81. The van der Waals surface area contributed by atoms with Crippen molar-refractivity contribution in [3.05, 3.63) is 47.2 Å². The van der Waals surface area contributed by atoms with Gasteiger partial charge in [-0.1, -0.05) is 11.6 Å². The summed E-state index contributed by atoms with van der Waals surface area (Å²) in [5.74, 6) is 1.67. The molecule has 1 aliphatic rings. The molecule has 8 heteroatoms. The number of anilines is 3. The molecule has 0 spiro atoms. The molecular weight excluding hydrogens is 400 g/mol. The van der Waals surface area contributed by atoms with Gasteiger partial charge in [0.2, 0.25) is 5.95 Å². The molecule has 158 valence electrons. The lowest BCUT2D eigenvalue weighted by molar-refractivity contribution is 0.122. The fraction of sp³-hybridized carbons (Fsp3) is 0.409. The lowest BCUT2D eigenvalue weighted by Gasteiger charge is -2.28. The van der Waals surface area contributed by atoms with Crippen LogP contribution >= 0.6 is 11.6 Å². The Labute approximate surface area is 181 Å². The van der Waals surface area contributed by atoms with Crippen LogP contribution in [0.5, 0.6) is 0 Å². The van der Waals surface area contributed by atoms with Crippen molar-refractivity contribution in [2.75, 3.05) is 54.9 Å². The largest absolute Gasteiger partial charge is 0.384 e. The standard InChI is InChI=1S/C22H27ClN6O/c1-16-14-21(29-10-12-30-13-11-29)28-22(27-16)26-8-3-2-7-24-19-6-9-25-20-15-17(23)4-5-18(19)20/h4-6,9,14-15H,2-3,7-8,10-13H2,1H3,(H,24,25)(H,26,27,28). The second-order valence-electron chi connectivity index (χ2n) is 7.37. The van der Waals surface area contributed by atoms with E-state index in [1.165, 1.54) is 0 Å². The summed E-state index contributed by atoms with van der Waals surface area (Å²) in [7, 11) is 0. The van der Waals surface area contributed by atoms with Gasteiger partial charge in [0.15, 0.2) is 0 Å². The smallest absolute Gasteiger partial charge is 0.224 e. The Balaban J connectivity index is 1.24. The molecule has 0 bridgehead atoms. The van der Waals surface area contributed by atoms with Crippen molar-refractivity contribution in [2.24, 2.45) is 0 Å². The Bertz CT molecular complexity index is 993. The van der Waals surface area contributed by atoms with Gasteiger partial charge in [0, 0.05) is 60.2 Å². The van der Waals surface area contributed by atoms with Crippen molar-refractivity contribution >= 4 is 40.0 Å². The SMILES string of the molecule is Cc1cc(N2CCOCC2)nc(NCCCCNc2ccnc3cc(Cl)ccc23)n1. The zero-order valence-corrected chi connectivity index (χ0v) is 18.0. The van der Waals surface area contributed by atoms with Crippen molar-refractivity contribution in [3.63, 3.8) is 0 Å². The number of fused-ring (bicyclic) bond motifs is 1. The highest BCUT2D eigenvalue weighted by atomic mass is 35.5. The first kappa shape index (κ1) is 20.6. The van der Waals surface area contributed by atoms with Gasteiger partial charge in [0.1, 0.15) is 5.82 Å². The summed E-state index contributed by atoms with van der Waals surface area (Å²) in [5.41, 5.74) is 2.96. The number of nitrogens with one attached hydrogen (secondary N) is 2. The number of ether oxygens (including phenoxy) is 1. The van der Waals surface area contributed by atoms with Gasteiger partial charge in [0.05, 0.1) is 18.7 Å². The molecule has 1 aliphatic heterocycles. The molecule has 0 radical (unpaired) electrons. The number of aryl methyl sites for hydroxylation is 1. The zero-order chi connectivity index (χ0) is 20.8. The van der Waals surface area contributed by atoms with E-state index in [-0.39, 0.29) is 0 Å². The van der Waals surface area contributed by atoms with Crippen LogP contribution in [0.2, 0.25) is 5.02 Å². The van der Waals surface area contributed by atoms with Crippen LogP contribution in [0.15, 0.2) is 36.5 Å². The Morgan fingerprint density at radius 3 is 2.67 bits per heavy atom. The van der Waals surface area contributed by atoms with Crippen LogP contribution in [0.25, 0.3) is 10.9 Å². The van der Waals surface area contributed by atoms with E-state index < -0.39 is 0 Å². The molecule has 1 fully saturated rings. The number of hydrogen-bond acceptors (Lipinski definition) is 7. The minimum Gasteiger partial charge on any atom is -0.384 e. The third-order valence-corrected chi connectivity index (χ3v) is 5.32. The lowest BCUT2D eigenvalue weighted by Crippen LogP contribution is -2.37. The van der Waals surface area contributed by atoms with Gasteiger partial charge < -0.3 is 20.3 Å². The highest BCUT2D eigenvalue weighted by Gasteiger charge is 2.14. The highest BCUT2D eigenvalue weighted by molar-refractivity contribution is 6.31. The summed E-state index contributed by atoms with van der Waals surface area (Å²) in [6.07, 6.45) is 3.86. The summed E-state index contributed by atoms with van der Waals surface area (Å²) in [6, 6.07) is 9.83. The van der Waals surface area contributed by atoms with Gasteiger partial charge >= 0.3 is 0 Å². The van der Waals surface area contributed by atoms with Gasteiger partial charge in [-0.15, -0.1) is 0 Å². The fourth-order valence-electron chi connectivity index (χ4n) is 3.53. The van der Waals surface area contributed by atoms with Crippen LogP contribution < -0.4 is 15.5 Å². The third-order valence-electron chi connectivity index (χ3n) is 5.08. The Morgan fingerprint density at radius 1 is 1.03 bits per heavy atom. The molecule has 0 amide bonds. The van der Waals surface area contributed by atoms with E-state index >= 15 is 0 Å². The average molecular weight is 427 g/mol. The van der Waals surface area contributed by atoms with Crippen molar-refractivity contribution in [2.45, 2.75) is 19.8 Å². The number of unbranched alkanes of at least 4 members (excludes halogenated alkanes) is 1. The molecule has 2 N–H and O–H groups in total. The maximum atomic E-state index is 6.06. The molecule has 7 nitrogen and oxygen atoms in total. The molecule has 0 unspecified atom stereocenters. The van der Waals surface area contributed by atoms with Gasteiger partial charge in [-0.05, 0) is 44.0 Å². The summed E-state index contributed by atoms with van der Waals surface area (Å²) in [4.78, 5) is 15.8. The van der Waals surface area contributed by atoms with Crippen molar-refractivity contribution in [3.8, 4) is 0 Å².